The second-order valence-corrected chi connectivity index (χ2v) is 17.5. The summed E-state index contributed by atoms with van der Waals surface area (Å²) in [6.45, 7) is 9.54. The summed E-state index contributed by atoms with van der Waals surface area (Å²) >= 11 is 21.8. The molecule has 0 radical (unpaired) electrons. The fourth-order valence-electron chi connectivity index (χ4n) is 6.88. The van der Waals surface area contributed by atoms with E-state index in [0.717, 1.165) is 101 Å². The number of halogens is 5. The molecule has 1 saturated heterocycles. The van der Waals surface area contributed by atoms with Crippen LogP contribution in [0.15, 0.2) is 125 Å². The molecule has 9 rings (SSSR count). The van der Waals surface area contributed by atoms with Gasteiger partial charge in [0.15, 0.2) is 0 Å². The Morgan fingerprint density at radius 2 is 1.38 bits per heavy atom. The molecule has 17 heteroatoms. The molecule has 5 aromatic carbocycles. The van der Waals surface area contributed by atoms with Gasteiger partial charge >= 0.3 is 0 Å². The monoisotopic (exact) mass is 1080 g/mol. The number of carbonyl (C=O) groups excluding carboxylic acids is 1. The molecule has 326 valence electrons. The minimum atomic E-state index is -0.287. The summed E-state index contributed by atoms with van der Waals surface area (Å²) in [4.78, 5) is 42.0. The molecule has 0 saturated carbocycles. The van der Waals surface area contributed by atoms with Crippen molar-refractivity contribution in [3.8, 4) is 11.1 Å². The average Bonchev–Trinajstić information content (AvgIpc) is 3.31. The SMILES string of the molecule is C=CC(=O)Nc1cccc(-c2c(CO)ccc3cnc(Nc4ccc(N5CCN(C)CC5)cc4)nc23)c1.Cc1ccc2cnc(Cl)nc2c1Br.Clc1ncc2ccc(CBr)c(Br)c2n1. The highest BCUT2D eigenvalue weighted by Crippen LogP contribution is 2.34. The van der Waals surface area contributed by atoms with Gasteiger partial charge in [-0.25, -0.2) is 29.9 Å². The second kappa shape index (κ2) is 21.7. The van der Waals surface area contributed by atoms with Crippen LogP contribution in [0.3, 0.4) is 0 Å². The van der Waals surface area contributed by atoms with E-state index in [1.807, 2.05) is 79.7 Å². The zero-order valence-corrected chi connectivity index (χ0v) is 40.9. The van der Waals surface area contributed by atoms with Gasteiger partial charge in [0.25, 0.3) is 0 Å². The molecule has 12 nitrogen and oxygen atoms in total. The summed E-state index contributed by atoms with van der Waals surface area (Å²) < 4.78 is 1.95. The molecule has 3 N–H and O–H groups in total. The molecule has 0 aliphatic carbocycles. The highest BCUT2D eigenvalue weighted by Gasteiger charge is 2.16. The van der Waals surface area contributed by atoms with Gasteiger partial charge in [0.05, 0.1) is 23.2 Å². The number of benzene rings is 5. The van der Waals surface area contributed by atoms with E-state index in [1.165, 1.54) is 11.8 Å². The number of aryl methyl sites for hydroxylation is 1. The number of piperazine rings is 1. The lowest BCUT2D eigenvalue weighted by molar-refractivity contribution is -0.111. The largest absolute Gasteiger partial charge is 0.392 e. The van der Waals surface area contributed by atoms with Crippen molar-refractivity contribution in [3.05, 3.63) is 152 Å². The maximum Gasteiger partial charge on any atom is 0.247 e. The van der Waals surface area contributed by atoms with E-state index < -0.39 is 0 Å². The summed E-state index contributed by atoms with van der Waals surface area (Å²) in [5.41, 5.74) is 9.81. The molecule has 3 aromatic heterocycles. The van der Waals surface area contributed by atoms with E-state index in [0.29, 0.717) is 17.2 Å². The van der Waals surface area contributed by atoms with Gasteiger partial charge in [-0.1, -0.05) is 71.0 Å². The van der Waals surface area contributed by atoms with E-state index in [9.17, 15) is 9.90 Å². The summed E-state index contributed by atoms with van der Waals surface area (Å²) in [5.74, 6) is 0.178. The zero-order chi connectivity index (χ0) is 45.3. The Labute approximate surface area is 405 Å². The Morgan fingerprint density at radius 1 is 0.766 bits per heavy atom. The highest BCUT2D eigenvalue weighted by molar-refractivity contribution is 9.11. The minimum Gasteiger partial charge on any atom is -0.392 e. The van der Waals surface area contributed by atoms with Crippen molar-refractivity contribution in [1.82, 2.24) is 34.8 Å². The van der Waals surface area contributed by atoms with Crippen LogP contribution in [0.4, 0.5) is 23.0 Å². The van der Waals surface area contributed by atoms with E-state index in [-0.39, 0.29) is 23.1 Å². The van der Waals surface area contributed by atoms with E-state index in [1.54, 1.807) is 18.6 Å². The molecule has 1 aliphatic heterocycles. The number of aromatic nitrogens is 6. The normalized spacial score (nSPS) is 12.6. The van der Waals surface area contributed by atoms with Gasteiger partial charge in [-0.15, -0.1) is 0 Å². The summed E-state index contributed by atoms with van der Waals surface area (Å²) in [5, 5.41) is 20.3. The number of aliphatic hydroxyl groups excluding tert-OH is 1. The molecule has 1 aliphatic rings. The fraction of sp³-hybridized carbons (Fsp3) is 0.170. The summed E-state index contributed by atoms with van der Waals surface area (Å²) in [7, 11) is 2.15. The van der Waals surface area contributed by atoms with Crippen LogP contribution in [0, 0.1) is 6.92 Å². The second-order valence-electron chi connectivity index (χ2n) is 14.6. The van der Waals surface area contributed by atoms with Gasteiger partial charge in [0.2, 0.25) is 22.4 Å². The number of nitrogens with zero attached hydrogens (tertiary/aromatic N) is 8. The van der Waals surface area contributed by atoms with Crippen LogP contribution in [0.5, 0.6) is 0 Å². The van der Waals surface area contributed by atoms with Crippen LogP contribution in [-0.4, -0.2) is 79.0 Å². The number of carbonyl (C=O) groups is 1. The first kappa shape index (κ1) is 46.9. The Morgan fingerprint density at radius 3 is 2.02 bits per heavy atom. The first-order chi connectivity index (χ1) is 30.9. The lowest BCUT2D eigenvalue weighted by atomic mass is 9.96. The Bertz CT molecular complexity index is 2970. The Balaban J connectivity index is 0.000000183. The predicted molar refractivity (Wildman–Crippen MR) is 271 cm³/mol. The molecule has 1 amide bonds. The topological polar surface area (TPSA) is 145 Å². The first-order valence-corrected chi connectivity index (χ1v) is 23.4. The molecule has 4 heterocycles. The van der Waals surface area contributed by atoms with Crippen molar-refractivity contribution < 1.29 is 9.90 Å². The van der Waals surface area contributed by atoms with Gasteiger partial charge in [-0.3, -0.25) is 4.79 Å². The van der Waals surface area contributed by atoms with Crippen molar-refractivity contribution in [2.75, 3.05) is 48.8 Å². The number of amides is 1. The van der Waals surface area contributed by atoms with Gasteiger partial charge in [0, 0.05) is 97.8 Å². The lowest BCUT2D eigenvalue weighted by Gasteiger charge is -2.34. The molecule has 64 heavy (non-hydrogen) atoms. The third-order valence-corrected chi connectivity index (χ3v) is 13.2. The molecule has 0 atom stereocenters. The van der Waals surface area contributed by atoms with Gasteiger partial charge in [0.1, 0.15) is 0 Å². The number of fused-ring (bicyclic) bond motifs is 3. The Hall–Kier alpha value is -5.13. The van der Waals surface area contributed by atoms with Crippen LogP contribution in [0.2, 0.25) is 10.6 Å². The van der Waals surface area contributed by atoms with Crippen molar-refractivity contribution in [2.24, 2.45) is 0 Å². The maximum absolute atomic E-state index is 11.8. The zero-order valence-electron chi connectivity index (χ0n) is 34.7. The highest BCUT2D eigenvalue weighted by atomic mass is 79.9. The minimum absolute atomic E-state index is 0.144. The number of likely N-dealkylation sites (N-methyl/N-ethyl adjacent to an activating group) is 1. The van der Waals surface area contributed by atoms with Gasteiger partial charge in [-0.05, 0) is 134 Å². The van der Waals surface area contributed by atoms with Gasteiger partial charge < -0.3 is 25.5 Å². The van der Waals surface area contributed by atoms with Gasteiger partial charge in [-0.2, -0.15) is 0 Å². The van der Waals surface area contributed by atoms with Crippen LogP contribution < -0.4 is 15.5 Å². The number of hydrogen-bond donors (Lipinski definition) is 3. The predicted octanol–water partition coefficient (Wildman–Crippen LogP) is 11.7. The number of nitrogens with one attached hydrogen (secondary N) is 2. The smallest absolute Gasteiger partial charge is 0.247 e. The first-order valence-electron chi connectivity index (χ1n) is 19.9. The number of aliphatic hydroxyl groups is 1. The van der Waals surface area contributed by atoms with E-state index in [4.69, 9.17) is 28.2 Å². The van der Waals surface area contributed by atoms with Crippen molar-refractivity contribution in [3.63, 3.8) is 0 Å². The fourth-order valence-corrected chi connectivity index (χ4v) is 9.03. The lowest BCUT2D eigenvalue weighted by Crippen LogP contribution is -2.44. The van der Waals surface area contributed by atoms with E-state index >= 15 is 0 Å². The molecule has 0 bridgehead atoms. The van der Waals surface area contributed by atoms with Crippen molar-refractivity contribution in [1.29, 1.82) is 0 Å². The quantitative estimate of drug-likeness (QED) is 0.0759. The number of anilines is 4. The molecular formula is C47H41Br3Cl2N10O2. The van der Waals surface area contributed by atoms with Crippen LogP contribution in [-0.2, 0) is 16.7 Å². The maximum atomic E-state index is 11.8. The molecule has 8 aromatic rings. The molecular weight excluding hydrogens is 1050 g/mol. The summed E-state index contributed by atoms with van der Waals surface area (Å²) in [6, 6.07) is 27.6. The van der Waals surface area contributed by atoms with Crippen molar-refractivity contribution in [2.45, 2.75) is 18.9 Å². The standard InChI is InChI=1S/C29H30N6O2.C9H5Br2ClN2.C9H6BrClN2/c1-3-26(37)31-24-6-4-5-20(17-24)27-22(19-36)8-7-21-18-30-29(33-28(21)27)32-23-9-11-25(12-10-23)35-15-13-34(2)14-16-35;10-3-5-1-2-6-4-13-9(12)14-8(6)7(5)11;1-5-2-3-6-4-12-9(11)13-8(6)7(5)10/h3-12,17-18,36H,1,13-16,19H2,2H3,(H,31,37)(H,30,32,33);1-2,4H,3H2;2-4H,1H3. The summed E-state index contributed by atoms with van der Waals surface area (Å²) in [6.07, 6.45) is 6.44. The number of rotatable bonds is 8. The van der Waals surface area contributed by atoms with Crippen LogP contribution >= 0.6 is 71.0 Å². The van der Waals surface area contributed by atoms with E-state index in [2.05, 4.69) is 119 Å². The number of alkyl halides is 1. The number of hydrogen-bond acceptors (Lipinski definition) is 11. The van der Waals surface area contributed by atoms with Crippen molar-refractivity contribution >= 4 is 133 Å². The van der Waals surface area contributed by atoms with Crippen LogP contribution in [0.25, 0.3) is 43.8 Å². The molecule has 1 fully saturated rings. The average molecular weight is 1090 g/mol. The third kappa shape index (κ3) is 11.4. The Kier molecular flexibility index (Phi) is 15.9. The molecule has 0 unspecified atom stereocenters. The molecule has 0 spiro atoms. The third-order valence-electron chi connectivity index (χ3n) is 10.3. The van der Waals surface area contributed by atoms with Crippen LogP contribution in [0.1, 0.15) is 16.7 Å².